The summed E-state index contributed by atoms with van der Waals surface area (Å²) in [5.74, 6) is 0. The number of rotatable bonds is 6. The third-order valence-electron chi connectivity index (χ3n) is 11.8. The number of para-hydroxylation sites is 2. The molecule has 0 fully saturated rings. The molecule has 9 aromatic rings. The minimum atomic E-state index is -2.78. The first kappa shape index (κ1) is 31.7. The number of benzene rings is 8. The summed E-state index contributed by atoms with van der Waals surface area (Å²) in [7, 11) is -4.56. The van der Waals surface area contributed by atoms with E-state index in [0.717, 1.165) is 0 Å². The lowest BCUT2D eigenvalue weighted by Gasteiger charge is -2.34. The summed E-state index contributed by atoms with van der Waals surface area (Å²) in [6.07, 6.45) is 0. The zero-order valence-electron chi connectivity index (χ0n) is 30.0. The van der Waals surface area contributed by atoms with Crippen molar-refractivity contribution in [1.29, 1.82) is 0 Å². The first-order valence-corrected chi connectivity index (χ1v) is 23.6. The second-order valence-corrected chi connectivity index (χ2v) is 23.0. The van der Waals surface area contributed by atoms with Crippen LogP contribution in [-0.4, -0.2) is 20.7 Å². The Morgan fingerprint density at radius 3 is 1.62 bits per heavy atom. The zero-order chi connectivity index (χ0) is 35.6. The van der Waals surface area contributed by atoms with Crippen LogP contribution in [0.25, 0.3) is 49.7 Å². The van der Waals surface area contributed by atoms with Gasteiger partial charge in [0.15, 0.2) is 8.07 Å². The molecular formula is C50H39NSi2. The average molecular weight is 710 g/mol. The van der Waals surface area contributed by atoms with Gasteiger partial charge in [0.05, 0.1) is 11.0 Å². The quantitative estimate of drug-likeness (QED) is 0.120. The van der Waals surface area contributed by atoms with Crippen LogP contribution in [0.1, 0.15) is 0 Å². The lowest BCUT2D eigenvalue weighted by molar-refractivity contribution is 1.18. The molecule has 2 heterocycles. The molecule has 0 bridgehead atoms. The second kappa shape index (κ2) is 12.3. The fourth-order valence-corrected chi connectivity index (χ4v) is 17.1. The minimum Gasteiger partial charge on any atom is -0.309 e. The van der Waals surface area contributed by atoms with E-state index in [-0.39, 0.29) is 0 Å². The van der Waals surface area contributed by atoms with Crippen molar-refractivity contribution in [2.24, 2.45) is 0 Å². The Bertz CT molecular complexity index is 2740. The number of aromatic nitrogens is 1. The van der Waals surface area contributed by atoms with Gasteiger partial charge in [-0.05, 0) is 77.6 Å². The Labute approximate surface area is 313 Å². The van der Waals surface area contributed by atoms with E-state index in [1.807, 2.05) is 0 Å². The maximum Gasteiger partial charge on any atom is 0.179 e. The fraction of sp³-hybridized carbons (Fsp3) is 0.0400. The molecule has 53 heavy (non-hydrogen) atoms. The van der Waals surface area contributed by atoms with Gasteiger partial charge in [-0.25, -0.2) is 0 Å². The Hall–Kier alpha value is -6.01. The molecule has 0 saturated carbocycles. The van der Waals surface area contributed by atoms with Gasteiger partial charge in [-0.1, -0.05) is 189 Å². The lowest BCUT2D eigenvalue weighted by Crippen LogP contribution is -2.74. The van der Waals surface area contributed by atoms with Gasteiger partial charge in [0.25, 0.3) is 0 Å². The SMILES string of the molecule is C[Si]1(C)c2ccccc2-c2ccc(-c3ccc([Si](c4ccccc4)(c4ccccc4)c4ccc5c(c4)c4ccccc4n5-c4ccccc4)cc3)cc21. The molecule has 0 amide bonds. The van der Waals surface area contributed by atoms with Gasteiger partial charge in [0.1, 0.15) is 8.07 Å². The predicted molar refractivity (Wildman–Crippen MR) is 232 cm³/mol. The highest BCUT2D eigenvalue weighted by Crippen LogP contribution is 2.33. The standard InChI is InChI=1S/C50H39NSi2/c1-52(2)49-25-15-13-23-44(49)45-32-28-37(34-50(45)52)36-26-29-41(30-27-36)53(39-18-8-4-9-19-39,40-20-10-5-11-21-40)42-31-33-48-46(35-42)43-22-12-14-24-47(43)51(48)38-16-6-3-7-17-38/h3-35H,1-2H3. The zero-order valence-corrected chi connectivity index (χ0v) is 32.0. The molecule has 8 aromatic carbocycles. The van der Waals surface area contributed by atoms with E-state index in [0.29, 0.717) is 0 Å². The molecule has 252 valence electrons. The summed E-state index contributed by atoms with van der Waals surface area (Å²) in [6, 6.07) is 75.3. The molecule has 3 heteroatoms. The molecule has 1 aromatic heterocycles. The van der Waals surface area contributed by atoms with Gasteiger partial charge in [0, 0.05) is 16.5 Å². The predicted octanol–water partition coefficient (Wildman–Crippen LogP) is 8.63. The van der Waals surface area contributed by atoms with E-state index in [9.17, 15) is 0 Å². The van der Waals surface area contributed by atoms with Gasteiger partial charge >= 0.3 is 0 Å². The highest BCUT2D eigenvalue weighted by atomic mass is 28.3. The lowest BCUT2D eigenvalue weighted by atomic mass is 10.0. The fourth-order valence-electron chi connectivity index (χ4n) is 9.23. The van der Waals surface area contributed by atoms with Crippen LogP contribution in [0.15, 0.2) is 200 Å². The molecule has 0 N–H and O–H groups in total. The Balaban J connectivity index is 1.18. The molecular weight excluding hydrogens is 671 g/mol. The highest BCUT2D eigenvalue weighted by Gasteiger charge is 2.42. The molecule has 0 unspecified atom stereocenters. The third-order valence-corrected chi connectivity index (χ3v) is 20.1. The van der Waals surface area contributed by atoms with Crippen LogP contribution in [0.5, 0.6) is 0 Å². The maximum atomic E-state index is 2.52. The summed E-state index contributed by atoms with van der Waals surface area (Å²) >= 11 is 0. The number of nitrogens with zero attached hydrogens (tertiary/aromatic N) is 1. The van der Waals surface area contributed by atoms with E-state index >= 15 is 0 Å². The minimum absolute atomic E-state index is 1.18. The van der Waals surface area contributed by atoms with Gasteiger partial charge in [-0.15, -0.1) is 0 Å². The van der Waals surface area contributed by atoms with Crippen LogP contribution in [0, 0.1) is 0 Å². The summed E-state index contributed by atoms with van der Waals surface area (Å²) in [4.78, 5) is 0. The van der Waals surface area contributed by atoms with Gasteiger partial charge in [-0.2, -0.15) is 0 Å². The molecule has 1 nitrogen and oxygen atoms in total. The van der Waals surface area contributed by atoms with Crippen molar-refractivity contribution in [2.45, 2.75) is 13.1 Å². The summed E-state index contributed by atoms with van der Waals surface area (Å²) in [5.41, 5.74) is 9.04. The van der Waals surface area contributed by atoms with Crippen LogP contribution in [0.2, 0.25) is 13.1 Å². The molecule has 0 saturated heterocycles. The summed E-state index contributed by atoms with van der Waals surface area (Å²) < 4.78 is 2.41. The molecule has 1 aliphatic heterocycles. The molecule has 0 radical (unpaired) electrons. The van der Waals surface area contributed by atoms with E-state index in [4.69, 9.17) is 0 Å². The summed E-state index contributed by atoms with van der Waals surface area (Å²) in [6.45, 7) is 5.00. The van der Waals surface area contributed by atoms with Gasteiger partial charge in [-0.3, -0.25) is 0 Å². The van der Waals surface area contributed by atoms with Gasteiger partial charge < -0.3 is 4.57 Å². The van der Waals surface area contributed by atoms with Crippen molar-refractivity contribution in [3.8, 4) is 27.9 Å². The first-order valence-electron chi connectivity index (χ1n) is 18.6. The molecule has 0 atom stereocenters. The molecule has 0 spiro atoms. The van der Waals surface area contributed by atoms with E-state index in [2.05, 4.69) is 218 Å². The largest absolute Gasteiger partial charge is 0.309 e. The van der Waals surface area contributed by atoms with Crippen molar-refractivity contribution in [3.63, 3.8) is 0 Å². The average Bonchev–Trinajstić information content (AvgIpc) is 3.67. The van der Waals surface area contributed by atoms with Crippen LogP contribution >= 0.6 is 0 Å². The molecule has 1 aliphatic rings. The third kappa shape index (κ3) is 4.81. The van der Waals surface area contributed by atoms with E-state index < -0.39 is 16.1 Å². The summed E-state index contributed by atoms with van der Waals surface area (Å²) in [5, 5.41) is 11.2. The van der Waals surface area contributed by atoms with Crippen molar-refractivity contribution >= 4 is 69.1 Å². The second-order valence-electron chi connectivity index (χ2n) is 14.9. The van der Waals surface area contributed by atoms with Crippen molar-refractivity contribution in [1.82, 2.24) is 4.57 Å². The van der Waals surface area contributed by atoms with Crippen LogP contribution in [-0.2, 0) is 0 Å². The van der Waals surface area contributed by atoms with E-state index in [1.165, 1.54) is 70.5 Å². The Morgan fingerprint density at radius 1 is 0.377 bits per heavy atom. The number of hydrogen-bond donors (Lipinski definition) is 0. The molecule has 0 aliphatic carbocycles. The Morgan fingerprint density at radius 2 is 0.906 bits per heavy atom. The Kier molecular flexibility index (Phi) is 7.36. The normalized spacial score (nSPS) is 13.2. The van der Waals surface area contributed by atoms with Gasteiger partial charge in [0.2, 0.25) is 0 Å². The monoisotopic (exact) mass is 709 g/mol. The molecule has 10 rings (SSSR count). The van der Waals surface area contributed by atoms with Crippen molar-refractivity contribution < 1.29 is 0 Å². The number of hydrogen-bond acceptors (Lipinski definition) is 0. The number of fused-ring (bicyclic) bond motifs is 6. The van der Waals surface area contributed by atoms with E-state index in [1.54, 1.807) is 10.4 Å². The van der Waals surface area contributed by atoms with Crippen molar-refractivity contribution in [2.75, 3.05) is 0 Å². The first-order chi connectivity index (χ1) is 26.0. The topological polar surface area (TPSA) is 4.93 Å². The smallest absolute Gasteiger partial charge is 0.179 e. The van der Waals surface area contributed by atoms with Crippen LogP contribution < -0.4 is 31.1 Å². The van der Waals surface area contributed by atoms with Crippen LogP contribution in [0.4, 0.5) is 0 Å². The van der Waals surface area contributed by atoms with Crippen LogP contribution in [0.3, 0.4) is 0 Å². The van der Waals surface area contributed by atoms with Crippen molar-refractivity contribution in [3.05, 3.63) is 200 Å². The highest BCUT2D eigenvalue weighted by molar-refractivity contribution is 7.20. The maximum absolute atomic E-state index is 2.78.